The summed E-state index contributed by atoms with van der Waals surface area (Å²) < 4.78 is 42.5. The number of nitrogens with zero attached hydrogens (tertiary/aromatic N) is 5. The van der Waals surface area contributed by atoms with Crippen molar-refractivity contribution in [2.45, 2.75) is 32.4 Å². The Bertz CT molecular complexity index is 980. The van der Waals surface area contributed by atoms with E-state index in [2.05, 4.69) is 20.5 Å². The van der Waals surface area contributed by atoms with Crippen LogP contribution in [0.3, 0.4) is 0 Å². The second-order valence-corrected chi connectivity index (χ2v) is 6.90. The molecule has 138 valence electrons. The maximum absolute atomic E-state index is 13.4. The summed E-state index contributed by atoms with van der Waals surface area (Å²) in [7, 11) is 1.67. The summed E-state index contributed by atoms with van der Waals surface area (Å²) in [5.74, 6) is -0.395. The van der Waals surface area contributed by atoms with Gasteiger partial charge >= 0.3 is 6.18 Å². The summed E-state index contributed by atoms with van der Waals surface area (Å²) in [6.07, 6.45) is -3.01. The van der Waals surface area contributed by atoms with Gasteiger partial charge in [-0.05, 0) is 6.07 Å². The number of anilines is 1. The third kappa shape index (κ3) is 3.39. The number of halogens is 3. The molecule has 0 bridgehead atoms. The first-order chi connectivity index (χ1) is 11.9. The zero-order chi connectivity index (χ0) is 19.3. The SMILES string of the molecule is Cn1ccc(NC(=O)c2cc3nc(C(C)(C)C)cc(C(F)(F)F)n3n2)n1. The van der Waals surface area contributed by atoms with Crippen LogP contribution in [0.2, 0.25) is 0 Å². The van der Waals surface area contributed by atoms with E-state index in [0.717, 1.165) is 6.07 Å². The normalized spacial score (nSPS) is 12.6. The number of nitrogens with one attached hydrogen (secondary N) is 1. The van der Waals surface area contributed by atoms with E-state index in [1.54, 1.807) is 40.1 Å². The van der Waals surface area contributed by atoms with Crippen molar-refractivity contribution in [2.75, 3.05) is 5.32 Å². The second-order valence-electron chi connectivity index (χ2n) is 6.90. The van der Waals surface area contributed by atoms with E-state index in [4.69, 9.17) is 0 Å². The van der Waals surface area contributed by atoms with Crippen molar-refractivity contribution in [2.24, 2.45) is 7.05 Å². The molecule has 1 N–H and O–H groups in total. The zero-order valence-electron chi connectivity index (χ0n) is 14.6. The molecule has 7 nitrogen and oxygen atoms in total. The van der Waals surface area contributed by atoms with E-state index >= 15 is 0 Å². The average molecular weight is 366 g/mol. The van der Waals surface area contributed by atoms with E-state index in [-0.39, 0.29) is 22.9 Å². The monoisotopic (exact) mass is 366 g/mol. The van der Waals surface area contributed by atoms with Gasteiger partial charge in [-0.2, -0.15) is 23.4 Å². The van der Waals surface area contributed by atoms with Crippen LogP contribution < -0.4 is 5.32 Å². The van der Waals surface area contributed by atoms with E-state index in [1.165, 1.54) is 10.7 Å². The lowest BCUT2D eigenvalue weighted by Crippen LogP contribution is -2.20. The van der Waals surface area contributed by atoms with Crippen molar-refractivity contribution in [3.05, 3.63) is 41.5 Å². The minimum Gasteiger partial charge on any atom is -0.304 e. The van der Waals surface area contributed by atoms with Crippen molar-refractivity contribution in [1.82, 2.24) is 24.4 Å². The van der Waals surface area contributed by atoms with E-state index in [9.17, 15) is 18.0 Å². The molecular weight excluding hydrogens is 349 g/mol. The lowest BCUT2D eigenvalue weighted by Gasteiger charge is -2.19. The van der Waals surface area contributed by atoms with Crippen molar-refractivity contribution in [3.8, 4) is 0 Å². The number of hydrogen-bond donors (Lipinski definition) is 1. The van der Waals surface area contributed by atoms with Crippen LogP contribution in [0.1, 0.15) is 42.6 Å². The summed E-state index contributed by atoms with van der Waals surface area (Å²) in [6.45, 7) is 5.28. The molecule has 0 aliphatic heterocycles. The van der Waals surface area contributed by atoms with Gasteiger partial charge in [-0.15, -0.1) is 0 Å². The van der Waals surface area contributed by atoms with Crippen LogP contribution in [0.5, 0.6) is 0 Å². The van der Waals surface area contributed by atoms with Crippen LogP contribution in [0.4, 0.5) is 19.0 Å². The Hall–Kier alpha value is -2.91. The molecule has 0 aliphatic carbocycles. The fourth-order valence-electron chi connectivity index (χ4n) is 2.33. The van der Waals surface area contributed by atoms with Gasteiger partial charge in [0.15, 0.2) is 17.2 Å². The molecule has 0 unspecified atom stereocenters. The number of aromatic nitrogens is 5. The minimum atomic E-state index is -4.64. The van der Waals surface area contributed by atoms with E-state index < -0.39 is 23.2 Å². The molecule has 0 radical (unpaired) electrons. The summed E-state index contributed by atoms with van der Waals surface area (Å²) in [5, 5.41) is 10.3. The lowest BCUT2D eigenvalue weighted by atomic mass is 9.91. The van der Waals surface area contributed by atoms with Gasteiger partial charge in [-0.25, -0.2) is 9.50 Å². The Morgan fingerprint density at radius 1 is 1.15 bits per heavy atom. The molecule has 0 atom stereocenters. The first-order valence-corrected chi connectivity index (χ1v) is 7.74. The molecule has 3 rings (SSSR count). The lowest BCUT2D eigenvalue weighted by molar-refractivity contribution is -0.142. The summed E-state index contributed by atoms with van der Waals surface area (Å²) >= 11 is 0. The number of aryl methyl sites for hydroxylation is 1. The van der Waals surface area contributed by atoms with Crippen LogP contribution in [0, 0.1) is 0 Å². The van der Waals surface area contributed by atoms with Gasteiger partial charge in [0.1, 0.15) is 5.69 Å². The highest BCUT2D eigenvalue weighted by Gasteiger charge is 2.36. The predicted molar refractivity (Wildman–Crippen MR) is 87.9 cm³/mol. The van der Waals surface area contributed by atoms with Gasteiger partial charge in [0.25, 0.3) is 5.91 Å². The van der Waals surface area contributed by atoms with Crippen molar-refractivity contribution >= 4 is 17.4 Å². The minimum absolute atomic E-state index is 0.0454. The standard InChI is InChI=1S/C16H17F3N6O/c1-15(2,3)10-8-11(16(17,18)19)25-13(20-10)7-9(22-25)14(26)21-12-5-6-24(4)23-12/h5-8H,1-4H3,(H,21,23,26). The fourth-order valence-corrected chi connectivity index (χ4v) is 2.33. The first-order valence-electron chi connectivity index (χ1n) is 7.74. The molecule has 26 heavy (non-hydrogen) atoms. The molecule has 3 heterocycles. The number of carbonyl (C=O) groups is 1. The highest BCUT2D eigenvalue weighted by molar-refractivity contribution is 6.02. The van der Waals surface area contributed by atoms with Gasteiger partial charge in [0.2, 0.25) is 0 Å². The highest BCUT2D eigenvalue weighted by atomic mass is 19.4. The number of fused-ring (bicyclic) bond motifs is 1. The highest BCUT2D eigenvalue weighted by Crippen LogP contribution is 2.32. The molecule has 0 aromatic carbocycles. The van der Waals surface area contributed by atoms with Crippen LogP contribution in [0.25, 0.3) is 5.65 Å². The molecule has 0 fully saturated rings. The molecule has 3 aromatic rings. The van der Waals surface area contributed by atoms with Gasteiger partial charge in [0.05, 0.1) is 5.69 Å². The molecule has 0 aliphatic rings. The van der Waals surface area contributed by atoms with Gasteiger partial charge in [-0.3, -0.25) is 9.48 Å². The maximum atomic E-state index is 13.4. The van der Waals surface area contributed by atoms with Crippen LogP contribution in [0.15, 0.2) is 24.4 Å². The van der Waals surface area contributed by atoms with Crippen molar-refractivity contribution < 1.29 is 18.0 Å². The molecule has 0 spiro atoms. The molecule has 3 aromatic heterocycles. The molecule has 10 heteroatoms. The number of hydrogen-bond acceptors (Lipinski definition) is 4. The maximum Gasteiger partial charge on any atom is 0.433 e. The number of carbonyl (C=O) groups excluding carboxylic acids is 1. The Morgan fingerprint density at radius 2 is 1.85 bits per heavy atom. The fraction of sp³-hybridized carbons (Fsp3) is 0.375. The zero-order valence-corrected chi connectivity index (χ0v) is 14.6. The summed E-state index contributed by atoms with van der Waals surface area (Å²) in [6, 6.07) is 3.74. The van der Waals surface area contributed by atoms with E-state index in [1.807, 2.05) is 0 Å². The van der Waals surface area contributed by atoms with Gasteiger partial charge < -0.3 is 5.32 Å². The number of alkyl halides is 3. The number of rotatable bonds is 2. The van der Waals surface area contributed by atoms with Crippen molar-refractivity contribution in [3.63, 3.8) is 0 Å². The van der Waals surface area contributed by atoms with Crippen molar-refractivity contribution in [1.29, 1.82) is 0 Å². The van der Waals surface area contributed by atoms with E-state index in [0.29, 0.717) is 4.52 Å². The Morgan fingerprint density at radius 3 is 2.38 bits per heavy atom. The third-order valence-corrected chi connectivity index (χ3v) is 3.67. The smallest absolute Gasteiger partial charge is 0.304 e. The largest absolute Gasteiger partial charge is 0.433 e. The Kier molecular flexibility index (Phi) is 4.01. The first kappa shape index (κ1) is 17.9. The Balaban J connectivity index is 2.08. The van der Waals surface area contributed by atoms with Crippen LogP contribution in [-0.2, 0) is 18.6 Å². The Labute approximate surface area is 146 Å². The van der Waals surface area contributed by atoms with Gasteiger partial charge in [-0.1, -0.05) is 20.8 Å². The second kappa shape index (κ2) is 5.82. The third-order valence-electron chi connectivity index (χ3n) is 3.67. The molecule has 0 saturated carbocycles. The average Bonchev–Trinajstić information content (AvgIpc) is 3.10. The summed E-state index contributed by atoms with van der Waals surface area (Å²) in [4.78, 5) is 16.5. The predicted octanol–water partition coefficient (Wildman–Crippen LogP) is 3.03. The van der Waals surface area contributed by atoms with Gasteiger partial charge in [0, 0.05) is 30.8 Å². The molecule has 1 amide bonds. The van der Waals surface area contributed by atoms with Crippen LogP contribution in [-0.4, -0.2) is 30.3 Å². The topological polar surface area (TPSA) is 77.1 Å². The number of amides is 1. The molecular formula is C16H17F3N6O. The quantitative estimate of drug-likeness (QED) is 0.756. The summed E-state index contributed by atoms with van der Waals surface area (Å²) in [5.41, 5.74) is -1.54. The van der Waals surface area contributed by atoms with Crippen LogP contribution >= 0.6 is 0 Å². The molecule has 0 saturated heterocycles.